The highest BCUT2D eigenvalue weighted by molar-refractivity contribution is 6.39. The molecule has 4 atom stereocenters. The van der Waals surface area contributed by atoms with Gasteiger partial charge in [-0.2, -0.15) is 5.10 Å². The average Bonchev–Trinajstić information content (AvgIpc) is 2.81. The van der Waals surface area contributed by atoms with Crippen molar-refractivity contribution in [2.75, 3.05) is 6.61 Å². The third-order valence-corrected chi connectivity index (χ3v) is 4.46. The van der Waals surface area contributed by atoms with E-state index in [0.717, 1.165) is 19.4 Å². The van der Waals surface area contributed by atoms with Crippen molar-refractivity contribution < 1.29 is 14.3 Å². The maximum atomic E-state index is 12.1. The van der Waals surface area contributed by atoms with Crippen LogP contribution in [0.15, 0.2) is 5.10 Å². The molecule has 0 bridgehead atoms. The van der Waals surface area contributed by atoms with Gasteiger partial charge in [-0.1, -0.05) is 6.92 Å². The Hall–Kier alpha value is -1.43. The molecule has 2 N–H and O–H groups in total. The molecule has 0 aromatic rings. The van der Waals surface area contributed by atoms with Gasteiger partial charge in [0.25, 0.3) is 5.91 Å². The summed E-state index contributed by atoms with van der Waals surface area (Å²) in [4.78, 5) is 23.1. The molecule has 0 spiro atoms. The number of nitrogens with zero attached hydrogens (tertiary/aromatic N) is 1. The molecule has 2 heterocycles. The summed E-state index contributed by atoms with van der Waals surface area (Å²) < 4.78 is 5.69. The molecule has 0 unspecified atom stereocenters. The number of nitrogens with one attached hydrogen (secondary N) is 2. The second kappa shape index (κ2) is 4.92. The number of rotatable bonds is 3. The van der Waals surface area contributed by atoms with Gasteiger partial charge in [-0.15, -0.1) is 0 Å². The molecule has 2 aliphatic heterocycles. The third kappa shape index (κ3) is 2.14. The summed E-state index contributed by atoms with van der Waals surface area (Å²) >= 11 is 0. The van der Waals surface area contributed by atoms with Crippen molar-refractivity contribution in [1.82, 2.24) is 10.7 Å². The molecule has 3 aliphatic rings. The van der Waals surface area contributed by atoms with Crippen LogP contribution in [0.25, 0.3) is 0 Å². The quantitative estimate of drug-likeness (QED) is 0.764. The van der Waals surface area contributed by atoms with E-state index in [1.807, 2.05) is 0 Å². The van der Waals surface area contributed by atoms with Crippen molar-refractivity contribution in [2.45, 2.75) is 44.8 Å². The summed E-state index contributed by atoms with van der Waals surface area (Å²) in [6, 6.07) is 0.199. The minimum atomic E-state index is -0.145. The van der Waals surface area contributed by atoms with Crippen molar-refractivity contribution in [3.05, 3.63) is 0 Å². The number of hydrazone groups is 1. The van der Waals surface area contributed by atoms with Crippen LogP contribution < -0.4 is 10.7 Å². The Balaban J connectivity index is 1.62. The average molecular weight is 265 g/mol. The Morgan fingerprint density at radius 3 is 3.05 bits per heavy atom. The molecule has 1 aliphatic carbocycles. The predicted octanol–water partition coefficient (Wildman–Crippen LogP) is 0.182. The molecule has 0 aromatic heterocycles. The van der Waals surface area contributed by atoms with Gasteiger partial charge in [-0.3, -0.25) is 9.59 Å². The lowest BCUT2D eigenvalue weighted by molar-refractivity contribution is -0.122. The smallest absolute Gasteiger partial charge is 0.267 e. The van der Waals surface area contributed by atoms with E-state index >= 15 is 0 Å². The monoisotopic (exact) mass is 265 g/mol. The van der Waals surface area contributed by atoms with Gasteiger partial charge in [-0.05, 0) is 12.8 Å². The highest BCUT2D eigenvalue weighted by Crippen LogP contribution is 2.45. The van der Waals surface area contributed by atoms with Crippen molar-refractivity contribution in [3.63, 3.8) is 0 Å². The second-order valence-electron chi connectivity index (χ2n) is 5.45. The van der Waals surface area contributed by atoms with Crippen LogP contribution in [0.5, 0.6) is 0 Å². The molecule has 0 radical (unpaired) electrons. The minimum Gasteiger partial charge on any atom is -0.377 e. The van der Waals surface area contributed by atoms with Gasteiger partial charge in [0.05, 0.1) is 6.10 Å². The fourth-order valence-corrected chi connectivity index (χ4v) is 3.40. The van der Waals surface area contributed by atoms with E-state index in [9.17, 15) is 9.59 Å². The summed E-state index contributed by atoms with van der Waals surface area (Å²) in [7, 11) is 0. The van der Waals surface area contributed by atoms with Crippen molar-refractivity contribution in [2.24, 2.45) is 16.9 Å². The van der Waals surface area contributed by atoms with Crippen molar-refractivity contribution in [1.29, 1.82) is 0 Å². The van der Waals surface area contributed by atoms with Crippen molar-refractivity contribution >= 4 is 17.5 Å². The topological polar surface area (TPSA) is 79.8 Å². The zero-order valence-electron chi connectivity index (χ0n) is 11.0. The van der Waals surface area contributed by atoms with Crippen LogP contribution in [-0.4, -0.2) is 36.3 Å². The lowest BCUT2D eigenvalue weighted by Crippen LogP contribution is -2.62. The molecule has 6 nitrogen and oxygen atoms in total. The van der Waals surface area contributed by atoms with Gasteiger partial charge in [0.15, 0.2) is 0 Å². The number of ether oxygens (including phenoxy) is 1. The number of amides is 2. The van der Waals surface area contributed by atoms with E-state index in [2.05, 4.69) is 22.8 Å². The van der Waals surface area contributed by atoms with E-state index in [1.54, 1.807) is 0 Å². The fourth-order valence-electron chi connectivity index (χ4n) is 3.40. The van der Waals surface area contributed by atoms with Crippen LogP contribution in [0.4, 0.5) is 0 Å². The van der Waals surface area contributed by atoms with Crippen LogP contribution in [-0.2, 0) is 14.3 Å². The Kier molecular flexibility index (Phi) is 3.26. The van der Waals surface area contributed by atoms with Gasteiger partial charge in [0.1, 0.15) is 5.71 Å². The van der Waals surface area contributed by atoms with Gasteiger partial charge in [-0.25, -0.2) is 5.43 Å². The molecule has 2 fully saturated rings. The summed E-state index contributed by atoms with van der Waals surface area (Å²) in [5, 5.41) is 6.90. The number of hydrogen-bond donors (Lipinski definition) is 2. The molecule has 19 heavy (non-hydrogen) atoms. The lowest BCUT2D eigenvalue weighted by atomic mass is 9.65. The van der Waals surface area contributed by atoms with Crippen LogP contribution in [0.3, 0.4) is 0 Å². The Bertz CT molecular complexity index is 435. The Labute approximate surface area is 112 Å². The number of hydrogen-bond acceptors (Lipinski definition) is 4. The van der Waals surface area contributed by atoms with Crippen LogP contribution >= 0.6 is 0 Å². The molecule has 0 aromatic carbocycles. The first-order chi connectivity index (χ1) is 9.20. The van der Waals surface area contributed by atoms with E-state index < -0.39 is 0 Å². The summed E-state index contributed by atoms with van der Waals surface area (Å²) in [6.45, 7) is 2.93. The molecule has 1 saturated heterocycles. The molecular formula is C13H19N3O3. The minimum absolute atomic E-state index is 0.129. The van der Waals surface area contributed by atoms with Crippen LogP contribution in [0.1, 0.15) is 32.6 Å². The largest absolute Gasteiger partial charge is 0.377 e. The maximum Gasteiger partial charge on any atom is 0.267 e. The first-order valence-electron chi connectivity index (χ1n) is 6.98. The first-order valence-corrected chi connectivity index (χ1v) is 6.98. The predicted molar refractivity (Wildman–Crippen MR) is 68.4 cm³/mol. The summed E-state index contributed by atoms with van der Waals surface area (Å²) in [5.41, 5.74) is 2.78. The SMILES string of the molecule is CC[C@@H]1[C@H](NC(=O)C2=NNC(=O)CC2)[C@@H]2CCO[C@H]12. The molecule has 104 valence electrons. The van der Waals surface area contributed by atoms with Crippen LogP contribution in [0, 0.1) is 11.8 Å². The maximum absolute atomic E-state index is 12.1. The lowest BCUT2D eigenvalue weighted by Gasteiger charge is -2.47. The van der Waals surface area contributed by atoms with Gasteiger partial charge < -0.3 is 10.1 Å². The van der Waals surface area contributed by atoms with Crippen molar-refractivity contribution in [3.8, 4) is 0 Å². The first kappa shape index (κ1) is 12.6. The molecule has 3 rings (SSSR count). The van der Waals surface area contributed by atoms with Gasteiger partial charge >= 0.3 is 0 Å². The highest BCUT2D eigenvalue weighted by atomic mass is 16.5. The number of carbonyl (C=O) groups excluding carboxylic acids is 2. The second-order valence-corrected chi connectivity index (χ2v) is 5.45. The molecule has 1 saturated carbocycles. The number of fused-ring (bicyclic) bond motifs is 1. The molecule has 6 heteroatoms. The van der Waals surface area contributed by atoms with E-state index in [1.165, 1.54) is 0 Å². The van der Waals surface area contributed by atoms with Gasteiger partial charge in [0, 0.05) is 37.3 Å². The number of carbonyl (C=O) groups is 2. The molecule has 2 amide bonds. The Morgan fingerprint density at radius 2 is 2.37 bits per heavy atom. The van der Waals surface area contributed by atoms with Crippen LogP contribution in [0.2, 0.25) is 0 Å². The fraction of sp³-hybridized carbons (Fsp3) is 0.769. The zero-order valence-corrected chi connectivity index (χ0v) is 11.0. The summed E-state index contributed by atoms with van der Waals surface area (Å²) in [6.07, 6.45) is 3.11. The standard InChI is InChI=1S/C13H19N3O3/c1-2-7-11(8-5-6-19-12(7)8)14-13(18)9-3-4-10(17)16-15-9/h7-8,11-12H,2-6H2,1H3,(H,14,18)(H,16,17)/t7-,8+,11+,12-/m1/s1. The highest BCUT2D eigenvalue weighted by Gasteiger charge is 2.53. The van der Waals surface area contributed by atoms with Gasteiger partial charge in [0.2, 0.25) is 5.91 Å². The summed E-state index contributed by atoms with van der Waals surface area (Å²) in [5.74, 6) is 0.590. The normalized spacial score (nSPS) is 36.9. The zero-order chi connectivity index (χ0) is 13.4. The van der Waals surface area contributed by atoms with E-state index in [4.69, 9.17) is 4.74 Å². The Morgan fingerprint density at radius 1 is 1.53 bits per heavy atom. The third-order valence-electron chi connectivity index (χ3n) is 4.46. The van der Waals surface area contributed by atoms with E-state index in [0.29, 0.717) is 36.5 Å². The van der Waals surface area contributed by atoms with E-state index in [-0.39, 0.29) is 17.9 Å². The molecular weight excluding hydrogens is 246 g/mol.